The van der Waals surface area contributed by atoms with E-state index in [2.05, 4.69) is 0 Å². The van der Waals surface area contributed by atoms with Crippen molar-refractivity contribution >= 4 is 37.2 Å². The lowest BCUT2D eigenvalue weighted by Crippen LogP contribution is -2.34. The summed E-state index contributed by atoms with van der Waals surface area (Å²) in [6.07, 6.45) is 2.92. The summed E-state index contributed by atoms with van der Waals surface area (Å²) in [5.74, 6) is -1.60. The van der Waals surface area contributed by atoms with Gasteiger partial charge in [0.2, 0.25) is 11.8 Å². The molecule has 0 spiro atoms. The highest BCUT2D eigenvalue weighted by Gasteiger charge is 2.60. The number of hydrogen-bond donors (Lipinski definition) is 0. The molecule has 0 radical (unpaired) electrons. The second-order valence-corrected chi connectivity index (χ2v) is 8.01. The van der Waals surface area contributed by atoms with Crippen molar-refractivity contribution in [3.05, 3.63) is 36.4 Å². The maximum Gasteiger partial charge on any atom is 0.261 e. The third-order valence-electron chi connectivity index (χ3n) is 4.29. The summed E-state index contributed by atoms with van der Waals surface area (Å²) in [5, 5.41) is 0. The number of carbonyl (C=O) groups is 2. The predicted molar refractivity (Wildman–Crippen MR) is 76.8 cm³/mol. The summed E-state index contributed by atoms with van der Waals surface area (Å²) < 4.78 is 28.0. The van der Waals surface area contributed by atoms with Gasteiger partial charge in [-0.25, -0.2) is 13.3 Å². The van der Waals surface area contributed by atoms with Crippen molar-refractivity contribution in [3.63, 3.8) is 0 Å². The van der Waals surface area contributed by atoms with Crippen molar-refractivity contribution in [2.45, 2.75) is 17.1 Å². The van der Waals surface area contributed by atoms with Gasteiger partial charge >= 0.3 is 0 Å². The Hall–Kier alpha value is -1.70. The summed E-state index contributed by atoms with van der Waals surface area (Å²) in [7, 11) is 1.41. The van der Waals surface area contributed by atoms with Crippen molar-refractivity contribution in [3.8, 4) is 0 Å². The van der Waals surface area contributed by atoms with Gasteiger partial charge < -0.3 is 4.74 Å². The monoisotopic (exact) mass is 339 g/mol. The first-order valence-corrected chi connectivity index (χ1v) is 8.95. The highest BCUT2D eigenvalue weighted by molar-refractivity contribution is 8.13. The number of fused-ring (bicyclic) bond motifs is 5. The Bertz CT molecular complexity index is 786. The summed E-state index contributed by atoms with van der Waals surface area (Å²) in [5.41, 5.74) is 0.341. The van der Waals surface area contributed by atoms with Crippen LogP contribution in [0.3, 0.4) is 0 Å². The largest absolute Gasteiger partial charge is 0.365 e. The highest BCUT2D eigenvalue weighted by Crippen LogP contribution is 2.46. The molecule has 4 rings (SSSR count). The van der Waals surface area contributed by atoms with E-state index in [0.717, 1.165) is 4.90 Å². The fraction of sp³-hybridized carbons (Fsp3) is 0.286. The van der Waals surface area contributed by atoms with Crippen molar-refractivity contribution in [1.29, 1.82) is 0 Å². The normalized spacial score (nSPS) is 32.9. The molecule has 0 saturated carbocycles. The van der Waals surface area contributed by atoms with Gasteiger partial charge in [0, 0.05) is 10.7 Å². The molecule has 8 heteroatoms. The average molecular weight is 340 g/mol. The Morgan fingerprint density at radius 2 is 1.45 bits per heavy atom. The van der Waals surface area contributed by atoms with Gasteiger partial charge in [-0.1, -0.05) is 12.2 Å². The van der Waals surface area contributed by atoms with Crippen molar-refractivity contribution in [2.75, 3.05) is 4.90 Å². The number of hydrogen-bond acceptors (Lipinski definition) is 5. The molecule has 3 aliphatic rings. The maximum absolute atomic E-state index is 12.5. The lowest BCUT2D eigenvalue weighted by Gasteiger charge is -2.17. The van der Waals surface area contributed by atoms with E-state index in [-0.39, 0.29) is 28.9 Å². The zero-order chi connectivity index (χ0) is 15.6. The number of carbonyl (C=O) groups excluding carboxylic acids is 2. The molecule has 114 valence electrons. The van der Waals surface area contributed by atoms with Crippen LogP contribution in [0.1, 0.15) is 0 Å². The zero-order valence-corrected chi connectivity index (χ0v) is 12.6. The van der Waals surface area contributed by atoms with Crippen molar-refractivity contribution in [1.82, 2.24) is 0 Å². The first kappa shape index (κ1) is 13.9. The predicted octanol–water partition coefficient (Wildman–Crippen LogP) is 1.06. The van der Waals surface area contributed by atoms with Crippen LogP contribution in [-0.4, -0.2) is 32.4 Å². The van der Waals surface area contributed by atoms with Gasteiger partial charge in [0.05, 0.1) is 34.6 Å². The van der Waals surface area contributed by atoms with E-state index in [9.17, 15) is 18.0 Å². The fourth-order valence-corrected chi connectivity index (χ4v) is 4.09. The molecule has 0 N–H and O–H groups in total. The van der Waals surface area contributed by atoms with Crippen molar-refractivity contribution < 1.29 is 22.7 Å². The summed E-state index contributed by atoms with van der Waals surface area (Å²) >= 11 is 0. The second-order valence-electron chi connectivity index (χ2n) is 5.45. The summed E-state index contributed by atoms with van der Waals surface area (Å²) in [6.45, 7) is 0. The van der Waals surface area contributed by atoms with Crippen LogP contribution in [0.4, 0.5) is 5.69 Å². The molecule has 3 heterocycles. The van der Waals surface area contributed by atoms with E-state index >= 15 is 0 Å². The van der Waals surface area contributed by atoms with Crippen LogP contribution >= 0.6 is 10.7 Å². The Kier molecular flexibility index (Phi) is 2.79. The first-order chi connectivity index (χ1) is 10.4. The lowest BCUT2D eigenvalue weighted by molar-refractivity contribution is -0.124. The number of imide groups is 1. The van der Waals surface area contributed by atoms with Crippen LogP contribution in [-0.2, 0) is 23.4 Å². The van der Waals surface area contributed by atoms with Crippen LogP contribution < -0.4 is 4.90 Å². The molecule has 2 amide bonds. The zero-order valence-electron chi connectivity index (χ0n) is 11.0. The minimum absolute atomic E-state index is 0.0812. The minimum atomic E-state index is -3.84. The number of amides is 2. The molecule has 2 unspecified atom stereocenters. The topological polar surface area (TPSA) is 80.8 Å². The van der Waals surface area contributed by atoms with Gasteiger partial charge in [-0.2, -0.15) is 0 Å². The molecule has 0 aliphatic carbocycles. The van der Waals surface area contributed by atoms with E-state index < -0.39 is 20.9 Å². The minimum Gasteiger partial charge on any atom is -0.365 e. The van der Waals surface area contributed by atoms with E-state index in [1.807, 2.05) is 12.2 Å². The first-order valence-electron chi connectivity index (χ1n) is 6.64. The van der Waals surface area contributed by atoms with E-state index in [1.54, 1.807) is 0 Å². The van der Waals surface area contributed by atoms with E-state index in [0.29, 0.717) is 5.69 Å². The number of ether oxygens (including phenoxy) is 1. The third kappa shape index (κ3) is 1.79. The molecule has 2 saturated heterocycles. The van der Waals surface area contributed by atoms with Gasteiger partial charge in [0.1, 0.15) is 0 Å². The number of halogens is 1. The Labute approximate surface area is 130 Å². The third-order valence-corrected chi connectivity index (χ3v) is 5.66. The molecule has 2 bridgehead atoms. The Morgan fingerprint density at radius 1 is 0.955 bits per heavy atom. The standard InChI is InChI=1S/C14H10ClNO5S/c15-22(19,20)8-3-1-7(2-4-8)16-13(17)11-9-5-6-10(21-9)12(11)14(16)18/h1-6,9-12H/t9-,10+,11?,12?. The quantitative estimate of drug-likeness (QED) is 0.457. The molecule has 22 heavy (non-hydrogen) atoms. The molecule has 4 atom stereocenters. The van der Waals surface area contributed by atoms with Crippen LogP contribution in [0.15, 0.2) is 41.3 Å². The maximum atomic E-state index is 12.5. The van der Waals surface area contributed by atoms with Crippen molar-refractivity contribution in [2.24, 2.45) is 11.8 Å². The average Bonchev–Trinajstić information content (AvgIpc) is 3.12. The number of anilines is 1. The van der Waals surface area contributed by atoms with Crippen LogP contribution in [0, 0.1) is 11.8 Å². The molecule has 3 aliphatic heterocycles. The summed E-state index contributed by atoms with van der Waals surface area (Å²) in [4.78, 5) is 26.1. The number of rotatable bonds is 2. The van der Waals surface area contributed by atoms with Gasteiger partial charge in [0.25, 0.3) is 9.05 Å². The summed E-state index contributed by atoms with van der Waals surface area (Å²) in [6, 6.07) is 5.36. The Morgan fingerprint density at radius 3 is 1.91 bits per heavy atom. The van der Waals surface area contributed by atoms with E-state index in [4.69, 9.17) is 15.4 Å². The fourth-order valence-electron chi connectivity index (χ4n) is 3.32. The van der Waals surface area contributed by atoms with E-state index in [1.165, 1.54) is 24.3 Å². The van der Waals surface area contributed by atoms with Gasteiger partial charge in [-0.15, -0.1) is 0 Å². The van der Waals surface area contributed by atoms with Crippen LogP contribution in [0.2, 0.25) is 0 Å². The molecular weight excluding hydrogens is 330 g/mol. The molecule has 0 aromatic heterocycles. The van der Waals surface area contributed by atoms with Crippen LogP contribution in [0.25, 0.3) is 0 Å². The number of benzene rings is 1. The molecule has 1 aromatic carbocycles. The smallest absolute Gasteiger partial charge is 0.261 e. The van der Waals surface area contributed by atoms with Gasteiger partial charge in [0.15, 0.2) is 0 Å². The molecule has 6 nitrogen and oxygen atoms in total. The van der Waals surface area contributed by atoms with Crippen LogP contribution in [0.5, 0.6) is 0 Å². The van der Waals surface area contributed by atoms with Gasteiger partial charge in [-0.3, -0.25) is 9.59 Å². The van der Waals surface area contributed by atoms with Gasteiger partial charge in [-0.05, 0) is 24.3 Å². The molecular formula is C14H10ClNO5S. The molecule has 2 fully saturated rings. The molecule has 1 aromatic rings. The lowest BCUT2D eigenvalue weighted by atomic mass is 9.85. The Balaban J connectivity index is 1.70. The number of nitrogens with zero attached hydrogens (tertiary/aromatic N) is 1. The SMILES string of the molecule is O=C1C2C(C(=O)N1c1ccc(S(=O)(=O)Cl)cc1)[C@H]1C=C[C@@H]2O1. The highest BCUT2D eigenvalue weighted by atomic mass is 35.7. The second kappa shape index (κ2) is 4.41.